The van der Waals surface area contributed by atoms with Crippen LogP contribution in [0.15, 0.2) is 30.3 Å². The summed E-state index contributed by atoms with van der Waals surface area (Å²) in [5.74, 6) is 0.641. The van der Waals surface area contributed by atoms with Crippen LogP contribution in [0.4, 0.5) is 10.7 Å². The number of nitrogens with zero attached hydrogens (tertiary/aromatic N) is 2. The summed E-state index contributed by atoms with van der Waals surface area (Å²) >= 11 is 1.56. The molecule has 3 aliphatic carbocycles. The topological polar surface area (TPSA) is 109 Å². The lowest BCUT2D eigenvalue weighted by molar-refractivity contribution is -0.117. The van der Waals surface area contributed by atoms with E-state index in [0.717, 1.165) is 36.9 Å². The second-order valence-corrected chi connectivity index (χ2v) is 11.2. The first-order valence-electron chi connectivity index (χ1n) is 12.6. The standard InChI is InChI=1S/C26H30N6O2S/c27-14-32-22(29-17-4-2-1-3-5-17)23(32)30-18-10-11-20-19(12-18)21(25(34)28-13-15-6-7-15)26(35-20)31-24(33)16-8-9-16/h1-5,15-16,18,22-23,29-30H,6-13H2,(H,28,34)(H,31,33). The largest absolute Gasteiger partial charge is 0.362 e. The quantitative estimate of drug-likeness (QED) is 0.317. The Morgan fingerprint density at radius 2 is 1.89 bits per heavy atom. The van der Waals surface area contributed by atoms with Crippen LogP contribution in [0.3, 0.4) is 0 Å². The summed E-state index contributed by atoms with van der Waals surface area (Å²) in [4.78, 5) is 28.7. The van der Waals surface area contributed by atoms with Gasteiger partial charge in [-0.3, -0.25) is 19.8 Å². The highest BCUT2D eigenvalue weighted by Crippen LogP contribution is 2.40. The average molecular weight is 491 g/mol. The van der Waals surface area contributed by atoms with Crippen LogP contribution in [-0.4, -0.2) is 41.6 Å². The van der Waals surface area contributed by atoms with E-state index in [-0.39, 0.29) is 36.1 Å². The van der Waals surface area contributed by atoms with Gasteiger partial charge in [-0.05, 0) is 68.6 Å². The fourth-order valence-corrected chi connectivity index (χ4v) is 6.13. The summed E-state index contributed by atoms with van der Waals surface area (Å²) in [5.41, 5.74) is 2.68. The van der Waals surface area contributed by atoms with E-state index in [9.17, 15) is 14.9 Å². The van der Waals surface area contributed by atoms with Crippen molar-refractivity contribution in [1.82, 2.24) is 15.5 Å². The number of nitriles is 1. The van der Waals surface area contributed by atoms with Crippen molar-refractivity contribution in [3.63, 3.8) is 0 Å². The Bertz CT molecular complexity index is 1170. The van der Waals surface area contributed by atoms with Crippen molar-refractivity contribution in [3.05, 3.63) is 46.3 Å². The van der Waals surface area contributed by atoms with Gasteiger partial charge >= 0.3 is 0 Å². The molecule has 4 aliphatic rings. The Hall–Kier alpha value is -3.09. The van der Waals surface area contributed by atoms with Crippen LogP contribution >= 0.6 is 11.3 Å². The van der Waals surface area contributed by atoms with Crippen molar-refractivity contribution < 1.29 is 9.59 Å². The van der Waals surface area contributed by atoms with Crippen LogP contribution in [-0.2, 0) is 17.6 Å². The van der Waals surface area contributed by atoms with Crippen LogP contribution in [0, 0.1) is 23.3 Å². The number of fused-ring (bicyclic) bond motifs is 1. The van der Waals surface area contributed by atoms with E-state index in [1.807, 2.05) is 30.3 Å². The molecule has 0 radical (unpaired) electrons. The van der Waals surface area contributed by atoms with Crippen molar-refractivity contribution in [2.24, 2.45) is 11.8 Å². The molecule has 8 nitrogen and oxygen atoms in total. The van der Waals surface area contributed by atoms with Crippen LogP contribution < -0.4 is 21.3 Å². The number of carbonyl (C=O) groups is 2. The molecule has 35 heavy (non-hydrogen) atoms. The molecular weight excluding hydrogens is 460 g/mol. The van der Waals surface area contributed by atoms with Crippen LogP contribution in [0.25, 0.3) is 0 Å². The number of carbonyl (C=O) groups excluding carboxylic acids is 2. The highest BCUT2D eigenvalue weighted by Gasteiger charge is 2.49. The lowest BCUT2D eigenvalue weighted by Crippen LogP contribution is -2.39. The Kier molecular flexibility index (Phi) is 5.86. The summed E-state index contributed by atoms with van der Waals surface area (Å²) < 4.78 is 0. The molecule has 3 fully saturated rings. The molecule has 1 aromatic carbocycles. The smallest absolute Gasteiger partial charge is 0.254 e. The zero-order chi connectivity index (χ0) is 23.9. The predicted octanol–water partition coefficient (Wildman–Crippen LogP) is 3.24. The van der Waals surface area contributed by atoms with Gasteiger partial charge in [0.15, 0.2) is 6.19 Å². The van der Waals surface area contributed by atoms with Crippen molar-refractivity contribution in [2.75, 3.05) is 17.2 Å². The summed E-state index contributed by atoms with van der Waals surface area (Å²) in [5, 5.41) is 23.5. The minimum Gasteiger partial charge on any atom is -0.362 e. The number of aryl methyl sites for hydroxylation is 1. The number of anilines is 2. The van der Waals surface area contributed by atoms with Crippen molar-refractivity contribution in [1.29, 1.82) is 5.26 Å². The fourth-order valence-electron chi connectivity index (χ4n) is 4.88. The molecule has 2 heterocycles. The fraction of sp³-hybridized carbons (Fsp3) is 0.500. The lowest BCUT2D eigenvalue weighted by Gasteiger charge is -2.24. The number of rotatable bonds is 9. The molecular formula is C26H30N6O2S. The van der Waals surface area contributed by atoms with Gasteiger partial charge in [0.2, 0.25) is 5.91 Å². The minimum absolute atomic E-state index is 0.0342. The molecule has 2 aromatic rings. The predicted molar refractivity (Wildman–Crippen MR) is 135 cm³/mol. The van der Waals surface area contributed by atoms with Crippen molar-refractivity contribution in [2.45, 2.75) is 63.3 Å². The van der Waals surface area contributed by atoms with Gasteiger partial charge in [-0.25, -0.2) is 0 Å². The molecule has 3 atom stereocenters. The van der Waals surface area contributed by atoms with E-state index < -0.39 is 0 Å². The van der Waals surface area contributed by atoms with Crippen LogP contribution in [0.2, 0.25) is 0 Å². The Morgan fingerprint density at radius 1 is 1.09 bits per heavy atom. The number of thiophene rings is 1. The van der Waals surface area contributed by atoms with Crippen molar-refractivity contribution >= 4 is 33.8 Å². The van der Waals surface area contributed by atoms with Crippen molar-refractivity contribution in [3.8, 4) is 6.19 Å². The SMILES string of the molecule is N#CN1C(Nc2ccccc2)C1NC1CCc2sc(NC(=O)C3CC3)c(C(=O)NCC3CC3)c2C1. The molecule has 2 amide bonds. The molecule has 1 aliphatic heterocycles. The molecule has 3 unspecified atom stereocenters. The Labute approximate surface area is 209 Å². The maximum absolute atomic E-state index is 13.3. The molecule has 1 saturated heterocycles. The lowest BCUT2D eigenvalue weighted by atomic mass is 9.91. The summed E-state index contributed by atoms with van der Waals surface area (Å²) in [6.07, 6.45) is 8.83. The number of para-hydroxylation sites is 1. The first-order valence-corrected chi connectivity index (χ1v) is 13.4. The van der Waals surface area contributed by atoms with E-state index in [2.05, 4.69) is 27.5 Å². The Balaban J connectivity index is 1.17. The number of benzene rings is 1. The summed E-state index contributed by atoms with van der Waals surface area (Å²) in [6.45, 7) is 0.702. The summed E-state index contributed by atoms with van der Waals surface area (Å²) in [7, 11) is 0. The molecule has 9 heteroatoms. The molecule has 182 valence electrons. The molecule has 0 spiro atoms. The highest BCUT2D eigenvalue weighted by atomic mass is 32.1. The van der Waals surface area contributed by atoms with Gasteiger partial charge in [0.25, 0.3) is 5.91 Å². The van der Waals surface area contributed by atoms with Gasteiger partial charge in [0, 0.05) is 29.1 Å². The van der Waals surface area contributed by atoms with Gasteiger partial charge in [-0.2, -0.15) is 5.26 Å². The van der Waals surface area contributed by atoms with Gasteiger partial charge in [-0.15, -0.1) is 11.3 Å². The second kappa shape index (κ2) is 9.17. The van der Waals surface area contributed by atoms with E-state index in [1.54, 1.807) is 16.2 Å². The number of hydrogen-bond acceptors (Lipinski definition) is 7. The molecule has 6 rings (SSSR count). The first-order chi connectivity index (χ1) is 17.1. The van der Waals surface area contributed by atoms with Gasteiger partial charge in [0.05, 0.1) is 5.56 Å². The molecule has 2 saturated carbocycles. The monoisotopic (exact) mass is 490 g/mol. The number of hydrogen-bond donors (Lipinski definition) is 4. The number of amides is 2. The van der Waals surface area contributed by atoms with E-state index in [4.69, 9.17) is 0 Å². The van der Waals surface area contributed by atoms with Gasteiger partial charge in [-0.1, -0.05) is 18.2 Å². The maximum Gasteiger partial charge on any atom is 0.254 e. The molecule has 0 bridgehead atoms. The van der Waals surface area contributed by atoms with E-state index in [1.165, 1.54) is 17.7 Å². The third-order valence-electron chi connectivity index (χ3n) is 7.34. The third-order valence-corrected chi connectivity index (χ3v) is 8.55. The van der Waals surface area contributed by atoms with Crippen LogP contribution in [0.5, 0.6) is 0 Å². The zero-order valence-corrected chi connectivity index (χ0v) is 20.4. The highest BCUT2D eigenvalue weighted by molar-refractivity contribution is 7.17. The normalized spacial score (nSPS) is 24.8. The second-order valence-electron chi connectivity index (χ2n) is 10.1. The molecule has 4 N–H and O–H groups in total. The van der Waals surface area contributed by atoms with Crippen LogP contribution in [0.1, 0.15) is 52.9 Å². The molecule has 1 aromatic heterocycles. The Morgan fingerprint density at radius 3 is 2.60 bits per heavy atom. The van der Waals surface area contributed by atoms with E-state index in [0.29, 0.717) is 29.4 Å². The minimum atomic E-state index is -0.0824. The third kappa shape index (κ3) is 4.86. The van der Waals surface area contributed by atoms with E-state index >= 15 is 0 Å². The average Bonchev–Trinajstić information content (AvgIpc) is 3.76. The first kappa shape index (κ1) is 22.4. The zero-order valence-electron chi connectivity index (χ0n) is 19.5. The van der Waals surface area contributed by atoms with Gasteiger partial charge < -0.3 is 16.0 Å². The summed E-state index contributed by atoms with van der Waals surface area (Å²) in [6, 6.07) is 10.1. The van der Waals surface area contributed by atoms with Gasteiger partial charge in [0.1, 0.15) is 17.3 Å². The maximum atomic E-state index is 13.3. The number of nitrogens with one attached hydrogen (secondary N) is 4.